The van der Waals surface area contributed by atoms with Crippen LogP contribution in [0.1, 0.15) is 22.3 Å². The van der Waals surface area contributed by atoms with Crippen molar-refractivity contribution < 1.29 is 8.83 Å². The van der Waals surface area contributed by atoms with Gasteiger partial charge in [-0.2, -0.15) is 0 Å². The van der Waals surface area contributed by atoms with Crippen molar-refractivity contribution in [3.05, 3.63) is 216 Å². The van der Waals surface area contributed by atoms with Crippen molar-refractivity contribution in [2.45, 2.75) is 5.41 Å². The largest absolute Gasteiger partial charge is 0.456 e. The Bertz CT molecular complexity index is 3760. The number of fused-ring (bicyclic) bond motifs is 17. The van der Waals surface area contributed by atoms with E-state index in [-0.39, 0.29) is 0 Å². The Morgan fingerprint density at radius 1 is 0.317 bits per heavy atom. The molecule has 0 saturated carbocycles. The quantitative estimate of drug-likeness (QED) is 0.176. The van der Waals surface area contributed by atoms with E-state index in [0.717, 1.165) is 66.3 Å². The first kappa shape index (κ1) is 34.3. The second-order valence-corrected chi connectivity index (χ2v) is 16.5. The molecule has 1 spiro atoms. The summed E-state index contributed by atoms with van der Waals surface area (Å²) in [4.78, 5) is 20.0. The monoisotopic (exact) mass is 804 g/mol. The van der Waals surface area contributed by atoms with Gasteiger partial charge >= 0.3 is 0 Å². The molecule has 0 saturated heterocycles. The number of furan rings is 2. The van der Waals surface area contributed by atoms with Crippen molar-refractivity contribution in [2.24, 2.45) is 0 Å². The maximum absolute atomic E-state index is 6.90. The van der Waals surface area contributed by atoms with E-state index in [4.69, 9.17) is 28.8 Å². The molecule has 0 N–H and O–H groups in total. The highest BCUT2D eigenvalue weighted by Crippen LogP contribution is 2.65. The Balaban J connectivity index is 0.969. The molecule has 292 valence electrons. The molecule has 63 heavy (non-hydrogen) atoms. The highest BCUT2D eigenvalue weighted by molar-refractivity contribution is 6.16. The lowest BCUT2D eigenvalue weighted by atomic mass is 9.69. The van der Waals surface area contributed by atoms with Crippen molar-refractivity contribution >= 4 is 43.9 Å². The molecule has 12 aromatic rings. The highest BCUT2D eigenvalue weighted by Gasteiger charge is 2.53. The third-order valence-corrected chi connectivity index (χ3v) is 13.1. The molecule has 0 bridgehead atoms. The molecule has 2 aliphatic rings. The van der Waals surface area contributed by atoms with Crippen LogP contribution < -0.4 is 0 Å². The van der Waals surface area contributed by atoms with Gasteiger partial charge in [0, 0.05) is 38.2 Å². The molecule has 4 aromatic heterocycles. The van der Waals surface area contributed by atoms with Gasteiger partial charge in [0.05, 0.1) is 11.1 Å². The van der Waals surface area contributed by atoms with Crippen LogP contribution in [0.5, 0.6) is 0 Å². The van der Waals surface area contributed by atoms with E-state index in [1.165, 1.54) is 44.5 Å². The predicted octanol–water partition coefficient (Wildman–Crippen LogP) is 14.1. The molecule has 14 rings (SSSR count). The lowest BCUT2D eigenvalue weighted by molar-refractivity contribution is 0.666. The molecule has 0 amide bonds. The van der Waals surface area contributed by atoms with Crippen molar-refractivity contribution in [3.8, 4) is 67.8 Å². The third-order valence-electron chi connectivity index (χ3n) is 13.1. The van der Waals surface area contributed by atoms with Crippen LogP contribution in [0.15, 0.2) is 203 Å². The molecule has 8 aromatic carbocycles. The maximum atomic E-state index is 6.90. The summed E-state index contributed by atoms with van der Waals surface area (Å²) >= 11 is 0. The van der Waals surface area contributed by atoms with Crippen LogP contribution in [0, 0.1) is 0 Å². The van der Waals surface area contributed by atoms with E-state index in [1.54, 1.807) is 0 Å². The number of para-hydroxylation sites is 1. The Labute approximate surface area is 360 Å². The summed E-state index contributed by atoms with van der Waals surface area (Å²) in [7, 11) is 0. The Hall–Kier alpha value is -8.48. The van der Waals surface area contributed by atoms with Crippen LogP contribution in [0.3, 0.4) is 0 Å². The first-order chi connectivity index (χ1) is 31.2. The van der Waals surface area contributed by atoms with Gasteiger partial charge in [-0.25, -0.2) is 19.9 Å². The van der Waals surface area contributed by atoms with E-state index in [0.29, 0.717) is 23.2 Å². The number of rotatable bonds is 4. The standard InChI is InChI=1S/C57H32N4O2/c1-3-14-33(15-4-1)54-59-55(34-16-5-2-6-17-34)61-56(60-54)47-24-13-23-46(58-47)35-26-27-40-50(30-35)63-49-29-28-39-41-31-42-38-20-9-12-25-48(38)62-51(42)32-45(41)57(53(39)52(40)49)43-21-10-7-18-36(43)37-19-8-11-22-44(37)57/h1-32H. The molecule has 6 nitrogen and oxygen atoms in total. The van der Waals surface area contributed by atoms with Gasteiger partial charge in [0.1, 0.15) is 28.0 Å². The van der Waals surface area contributed by atoms with Crippen molar-refractivity contribution in [2.75, 3.05) is 0 Å². The predicted molar refractivity (Wildman–Crippen MR) is 250 cm³/mol. The number of benzene rings is 8. The van der Waals surface area contributed by atoms with Gasteiger partial charge < -0.3 is 8.83 Å². The summed E-state index contributed by atoms with van der Waals surface area (Å²) in [5, 5.41) is 4.41. The molecule has 4 heterocycles. The summed E-state index contributed by atoms with van der Waals surface area (Å²) in [6.07, 6.45) is 0. The van der Waals surface area contributed by atoms with Crippen molar-refractivity contribution in [1.29, 1.82) is 0 Å². The number of pyridine rings is 1. The van der Waals surface area contributed by atoms with E-state index in [2.05, 4.69) is 109 Å². The van der Waals surface area contributed by atoms with Crippen LogP contribution in [-0.4, -0.2) is 19.9 Å². The van der Waals surface area contributed by atoms with Crippen LogP contribution in [0.4, 0.5) is 0 Å². The van der Waals surface area contributed by atoms with Gasteiger partial charge in [-0.3, -0.25) is 0 Å². The maximum Gasteiger partial charge on any atom is 0.182 e. The zero-order valence-corrected chi connectivity index (χ0v) is 33.6. The topological polar surface area (TPSA) is 77.8 Å². The molecule has 0 fully saturated rings. The zero-order valence-electron chi connectivity index (χ0n) is 33.6. The van der Waals surface area contributed by atoms with Gasteiger partial charge in [0.15, 0.2) is 17.5 Å². The molecule has 0 aliphatic heterocycles. The Kier molecular flexibility index (Phi) is 6.94. The van der Waals surface area contributed by atoms with E-state index < -0.39 is 5.41 Å². The molecule has 2 aliphatic carbocycles. The minimum atomic E-state index is -0.600. The van der Waals surface area contributed by atoms with Gasteiger partial charge in [0.25, 0.3) is 0 Å². The fourth-order valence-corrected chi connectivity index (χ4v) is 10.5. The number of nitrogens with zero attached hydrogens (tertiary/aromatic N) is 4. The van der Waals surface area contributed by atoms with Crippen LogP contribution in [-0.2, 0) is 5.41 Å². The Morgan fingerprint density at radius 3 is 1.68 bits per heavy atom. The molecule has 0 unspecified atom stereocenters. The molecule has 0 atom stereocenters. The SMILES string of the molecule is c1ccc(-c2nc(-c3ccccc3)nc(-c3cccc(-c4ccc5c(c4)oc4ccc6c(c45)C4(c5ccccc5-c5ccccc54)c4cc5oc7ccccc7c5cc4-6)n3)n2)cc1. The Morgan fingerprint density at radius 2 is 0.937 bits per heavy atom. The third kappa shape index (κ3) is 4.77. The number of aromatic nitrogens is 4. The fourth-order valence-electron chi connectivity index (χ4n) is 10.5. The first-order valence-corrected chi connectivity index (χ1v) is 21.2. The van der Waals surface area contributed by atoms with Gasteiger partial charge in [-0.15, -0.1) is 0 Å². The van der Waals surface area contributed by atoms with Crippen LogP contribution >= 0.6 is 0 Å². The molecule has 0 radical (unpaired) electrons. The minimum Gasteiger partial charge on any atom is -0.456 e. The van der Waals surface area contributed by atoms with E-state index in [9.17, 15) is 0 Å². The number of hydrogen-bond acceptors (Lipinski definition) is 6. The van der Waals surface area contributed by atoms with E-state index in [1.807, 2.05) is 84.9 Å². The zero-order chi connectivity index (χ0) is 41.2. The van der Waals surface area contributed by atoms with E-state index >= 15 is 0 Å². The van der Waals surface area contributed by atoms with Crippen LogP contribution in [0.2, 0.25) is 0 Å². The van der Waals surface area contributed by atoms with Crippen molar-refractivity contribution in [3.63, 3.8) is 0 Å². The minimum absolute atomic E-state index is 0.506. The lowest BCUT2D eigenvalue weighted by Crippen LogP contribution is -2.26. The summed E-state index contributed by atoms with van der Waals surface area (Å²) in [5.41, 5.74) is 17.0. The van der Waals surface area contributed by atoms with Crippen molar-refractivity contribution in [1.82, 2.24) is 19.9 Å². The van der Waals surface area contributed by atoms with Gasteiger partial charge in [-0.1, -0.05) is 146 Å². The molecular formula is C57H32N4O2. The average molecular weight is 805 g/mol. The summed E-state index contributed by atoms with van der Waals surface area (Å²) < 4.78 is 13.5. The summed E-state index contributed by atoms with van der Waals surface area (Å²) in [6, 6.07) is 67.7. The number of hydrogen-bond donors (Lipinski definition) is 0. The molecular weight excluding hydrogens is 773 g/mol. The second kappa shape index (κ2) is 12.8. The average Bonchev–Trinajstić information content (AvgIpc) is 4.08. The van der Waals surface area contributed by atoms with Gasteiger partial charge in [0.2, 0.25) is 0 Å². The van der Waals surface area contributed by atoms with Gasteiger partial charge in [-0.05, 0) is 93.0 Å². The smallest absolute Gasteiger partial charge is 0.182 e. The fraction of sp³-hybridized carbons (Fsp3) is 0.0175. The summed E-state index contributed by atoms with van der Waals surface area (Å²) in [5.74, 6) is 1.70. The lowest BCUT2D eigenvalue weighted by Gasteiger charge is -2.31. The second-order valence-electron chi connectivity index (χ2n) is 16.5. The summed E-state index contributed by atoms with van der Waals surface area (Å²) in [6.45, 7) is 0. The van der Waals surface area contributed by atoms with Crippen LogP contribution in [0.25, 0.3) is 112 Å². The normalized spacial score (nSPS) is 13.2. The highest BCUT2D eigenvalue weighted by atomic mass is 16.3. The first-order valence-electron chi connectivity index (χ1n) is 21.2. The molecule has 6 heteroatoms.